The number of guanidine groups is 1. The maximum Gasteiger partial charge on any atom is 0.191 e. The smallest absolute Gasteiger partial charge is 0.191 e. The highest BCUT2D eigenvalue weighted by Crippen LogP contribution is 2.28. The molecule has 0 fully saturated rings. The van der Waals surface area contributed by atoms with Gasteiger partial charge in [-0.05, 0) is 18.2 Å². The first-order valence-electron chi connectivity index (χ1n) is 6.56. The van der Waals surface area contributed by atoms with Crippen LogP contribution in [0.1, 0.15) is 5.69 Å². The van der Waals surface area contributed by atoms with Crippen LogP contribution in [0.2, 0.25) is 0 Å². The van der Waals surface area contributed by atoms with Crippen molar-refractivity contribution in [3.63, 3.8) is 0 Å². The van der Waals surface area contributed by atoms with E-state index >= 15 is 0 Å². The molecule has 0 spiro atoms. The van der Waals surface area contributed by atoms with E-state index in [-0.39, 0.29) is 5.96 Å². The minimum atomic E-state index is -0.0714. The lowest BCUT2D eigenvalue weighted by atomic mass is 10.2. The van der Waals surface area contributed by atoms with E-state index in [1.807, 2.05) is 34.9 Å². The molecule has 0 bridgehead atoms. The van der Waals surface area contributed by atoms with Gasteiger partial charge in [-0.25, -0.2) is 9.79 Å². The maximum absolute atomic E-state index is 10.8. The summed E-state index contributed by atoms with van der Waals surface area (Å²) in [5.74, 6) is 1.71. The second-order valence-electron chi connectivity index (χ2n) is 4.60. The number of hydrogen-bond acceptors (Lipinski definition) is 3. The van der Waals surface area contributed by atoms with Crippen LogP contribution in [0.4, 0.5) is 5.69 Å². The summed E-state index contributed by atoms with van der Waals surface area (Å²) >= 11 is 0. The zero-order valence-corrected chi connectivity index (χ0v) is 11.6. The summed E-state index contributed by atoms with van der Waals surface area (Å²) in [6.07, 6.45) is 4.82. The molecule has 0 unspecified atom stereocenters. The average molecular weight is 291 g/mol. The van der Waals surface area contributed by atoms with E-state index in [2.05, 4.69) is 9.98 Å². The van der Waals surface area contributed by atoms with Crippen LogP contribution in [0.5, 0.6) is 0 Å². The summed E-state index contributed by atoms with van der Waals surface area (Å²) in [6.45, 7) is 0. The van der Waals surface area contributed by atoms with Crippen LogP contribution in [-0.2, 0) is 4.79 Å². The van der Waals surface area contributed by atoms with Crippen LogP contribution < -0.4 is 11.5 Å². The van der Waals surface area contributed by atoms with E-state index in [0.717, 1.165) is 16.6 Å². The number of benzene rings is 1. The third-order valence-corrected chi connectivity index (χ3v) is 3.23. The summed E-state index contributed by atoms with van der Waals surface area (Å²) in [6, 6.07) is 11.3. The molecule has 2 heterocycles. The van der Waals surface area contributed by atoms with Crippen molar-refractivity contribution < 1.29 is 4.79 Å². The fourth-order valence-corrected chi connectivity index (χ4v) is 2.37. The fourth-order valence-electron chi connectivity index (χ4n) is 2.37. The Labute approximate surface area is 126 Å². The largest absolute Gasteiger partial charge is 0.370 e. The number of fused-ring (bicyclic) bond motifs is 1. The number of aromatic nitrogens is 2. The first-order valence-corrected chi connectivity index (χ1v) is 6.56. The van der Waals surface area contributed by atoms with E-state index < -0.39 is 0 Å². The molecule has 0 aliphatic heterocycles. The zero-order valence-electron chi connectivity index (χ0n) is 11.6. The van der Waals surface area contributed by atoms with E-state index in [9.17, 15) is 4.79 Å². The predicted octanol–water partition coefficient (Wildman–Crippen LogP) is 1.78. The summed E-state index contributed by atoms with van der Waals surface area (Å²) in [4.78, 5) is 19.2. The number of nitrogens with zero attached hydrogens (tertiary/aromatic N) is 3. The van der Waals surface area contributed by atoms with Crippen LogP contribution >= 0.6 is 0 Å². The lowest BCUT2D eigenvalue weighted by Crippen LogP contribution is -2.21. The molecule has 3 aromatic rings. The molecular weight excluding hydrogens is 278 g/mol. The van der Waals surface area contributed by atoms with Crippen molar-refractivity contribution in [2.75, 3.05) is 0 Å². The first kappa shape index (κ1) is 13.6. The first-order chi connectivity index (χ1) is 10.7. The van der Waals surface area contributed by atoms with Gasteiger partial charge in [0.15, 0.2) is 5.96 Å². The number of hydrogen-bond donors (Lipinski definition) is 2. The minimum absolute atomic E-state index is 0.0714. The van der Waals surface area contributed by atoms with Crippen molar-refractivity contribution in [1.82, 2.24) is 9.55 Å². The van der Waals surface area contributed by atoms with Crippen LogP contribution in [0, 0.1) is 0 Å². The lowest BCUT2D eigenvalue weighted by Gasteiger charge is -2.09. The molecule has 0 saturated carbocycles. The maximum atomic E-state index is 10.8. The quantitative estimate of drug-likeness (QED) is 0.436. The Balaban J connectivity index is 2.29. The highest BCUT2D eigenvalue weighted by atomic mass is 16.1. The molecule has 108 valence electrons. The summed E-state index contributed by atoms with van der Waals surface area (Å²) < 4.78 is 1.83. The van der Waals surface area contributed by atoms with Gasteiger partial charge >= 0.3 is 0 Å². The second kappa shape index (κ2) is 5.55. The van der Waals surface area contributed by atoms with E-state index in [0.29, 0.717) is 11.4 Å². The van der Waals surface area contributed by atoms with Gasteiger partial charge in [0.1, 0.15) is 5.94 Å². The minimum Gasteiger partial charge on any atom is -0.370 e. The molecule has 6 heteroatoms. The third-order valence-electron chi connectivity index (χ3n) is 3.23. The second-order valence-corrected chi connectivity index (χ2v) is 4.60. The van der Waals surface area contributed by atoms with Gasteiger partial charge in [0.05, 0.1) is 22.6 Å². The van der Waals surface area contributed by atoms with Gasteiger partial charge < -0.3 is 16.0 Å². The number of pyridine rings is 1. The van der Waals surface area contributed by atoms with Crippen molar-refractivity contribution in [3.05, 3.63) is 54.5 Å². The van der Waals surface area contributed by atoms with Crippen molar-refractivity contribution >= 4 is 34.6 Å². The molecule has 0 aliphatic rings. The normalized spacial score (nSPS) is 10.2. The Morgan fingerprint density at radius 1 is 1.23 bits per heavy atom. The number of nitrogens with two attached hydrogens (primary N) is 2. The monoisotopic (exact) mass is 291 g/mol. The van der Waals surface area contributed by atoms with E-state index in [1.54, 1.807) is 24.4 Å². The molecule has 0 radical (unpaired) electrons. The molecule has 0 amide bonds. The van der Waals surface area contributed by atoms with Crippen molar-refractivity contribution in [3.8, 4) is 5.69 Å². The number of rotatable bonds is 3. The Morgan fingerprint density at radius 2 is 2.05 bits per heavy atom. The average Bonchev–Trinajstić information content (AvgIpc) is 2.89. The highest BCUT2D eigenvalue weighted by Gasteiger charge is 2.11. The van der Waals surface area contributed by atoms with Gasteiger partial charge in [-0.1, -0.05) is 18.2 Å². The molecule has 1 aromatic carbocycles. The van der Waals surface area contributed by atoms with Crippen molar-refractivity contribution in [2.24, 2.45) is 16.5 Å². The summed E-state index contributed by atoms with van der Waals surface area (Å²) in [5.41, 5.74) is 13.6. The molecule has 0 saturated heterocycles. The van der Waals surface area contributed by atoms with Crippen molar-refractivity contribution in [1.29, 1.82) is 0 Å². The molecule has 3 rings (SSSR count). The van der Waals surface area contributed by atoms with Gasteiger partial charge in [-0.15, -0.1) is 0 Å². The Kier molecular flexibility index (Phi) is 3.43. The predicted molar refractivity (Wildman–Crippen MR) is 86.7 cm³/mol. The Morgan fingerprint density at radius 3 is 2.82 bits per heavy atom. The van der Waals surface area contributed by atoms with Crippen LogP contribution in [0.25, 0.3) is 22.7 Å². The number of carbonyl (C=O) groups excluding carboxylic acids is 1. The van der Waals surface area contributed by atoms with Crippen molar-refractivity contribution in [2.45, 2.75) is 0 Å². The summed E-state index contributed by atoms with van der Waals surface area (Å²) in [7, 11) is 0. The number of para-hydroxylation sites is 1. The molecule has 4 N–H and O–H groups in total. The van der Waals surface area contributed by atoms with Crippen LogP contribution in [0.3, 0.4) is 0 Å². The van der Waals surface area contributed by atoms with Crippen LogP contribution in [-0.4, -0.2) is 21.5 Å². The third kappa shape index (κ3) is 2.34. The van der Waals surface area contributed by atoms with E-state index in [1.165, 1.54) is 6.08 Å². The molecule has 0 atom stereocenters. The summed E-state index contributed by atoms with van der Waals surface area (Å²) in [5, 5.41) is 0.956. The van der Waals surface area contributed by atoms with Crippen LogP contribution in [0.15, 0.2) is 53.8 Å². The Hall–Kier alpha value is -3.37. The lowest BCUT2D eigenvalue weighted by molar-refractivity contribution is 0.570. The van der Waals surface area contributed by atoms with E-state index in [4.69, 9.17) is 11.5 Å². The molecular formula is C16H13N5O. The van der Waals surface area contributed by atoms with Gasteiger partial charge in [0.2, 0.25) is 0 Å². The number of aliphatic imine (C=N–C) groups is 1. The fraction of sp³-hybridized carbons (Fsp3) is 0. The molecule has 22 heavy (non-hydrogen) atoms. The molecule has 6 nitrogen and oxygen atoms in total. The highest BCUT2D eigenvalue weighted by molar-refractivity contribution is 5.89. The molecule has 2 aromatic heterocycles. The standard InChI is InChI=1S/C16H13N5O/c17-16(18)20-13-6-9-21(15(13)7-10-22)14-5-8-19-12-4-2-1-3-11(12)14/h1-9H,(H4,17,18,20). The van der Waals surface area contributed by atoms with Gasteiger partial charge in [0, 0.05) is 23.9 Å². The molecule has 0 aliphatic carbocycles. The Bertz CT molecular complexity index is 910. The van der Waals surface area contributed by atoms with Gasteiger partial charge in [-0.2, -0.15) is 0 Å². The van der Waals surface area contributed by atoms with Gasteiger partial charge in [0.25, 0.3) is 0 Å². The SMILES string of the molecule is NC(N)=Nc1ccn(-c2ccnc3ccccc23)c1C=C=O. The zero-order chi connectivity index (χ0) is 15.5. The van der Waals surface area contributed by atoms with Gasteiger partial charge in [-0.3, -0.25) is 4.98 Å². The topological polar surface area (TPSA) is 99.3 Å².